The summed E-state index contributed by atoms with van der Waals surface area (Å²) in [7, 11) is 0. The highest BCUT2D eigenvalue weighted by atomic mass is 16.6. The highest BCUT2D eigenvalue weighted by Gasteiger charge is 2.62. The third-order valence-corrected chi connectivity index (χ3v) is 7.68. The molecule has 0 aromatic heterocycles. The van der Waals surface area contributed by atoms with Crippen molar-refractivity contribution in [3.63, 3.8) is 0 Å². The van der Waals surface area contributed by atoms with Gasteiger partial charge in [-0.2, -0.15) is 0 Å². The van der Waals surface area contributed by atoms with Gasteiger partial charge in [-0.05, 0) is 42.2 Å². The van der Waals surface area contributed by atoms with Gasteiger partial charge in [0, 0.05) is 24.0 Å². The van der Waals surface area contributed by atoms with Crippen LogP contribution >= 0.6 is 0 Å². The van der Waals surface area contributed by atoms with Gasteiger partial charge in [0.15, 0.2) is 0 Å². The average molecular weight is 477 g/mol. The van der Waals surface area contributed by atoms with Crippen LogP contribution in [0, 0.1) is 47.6 Å². The van der Waals surface area contributed by atoms with Crippen LogP contribution in [0.4, 0.5) is 11.4 Å². The number of hydrogen-bond acceptors (Lipinski definition) is 4. The number of amides is 2. The van der Waals surface area contributed by atoms with Gasteiger partial charge >= 0.3 is 0 Å². The van der Waals surface area contributed by atoms with Crippen molar-refractivity contribution in [1.29, 1.82) is 0 Å². The predicted molar refractivity (Wildman–Crippen MR) is 137 cm³/mol. The van der Waals surface area contributed by atoms with Gasteiger partial charge in [-0.25, -0.2) is 4.90 Å². The van der Waals surface area contributed by atoms with Crippen LogP contribution in [0.2, 0.25) is 0 Å². The highest BCUT2D eigenvalue weighted by molar-refractivity contribution is 6.23. The van der Waals surface area contributed by atoms with Crippen LogP contribution in [0.25, 0.3) is 5.57 Å². The van der Waals surface area contributed by atoms with Gasteiger partial charge in [0.2, 0.25) is 11.8 Å². The first-order valence-corrected chi connectivity index (χ1v) is 12.0. The van der Waals surface area contributed by atoms with E-state index in [0.29, 0.717) is 0 Å². The number of nitro groups is 1. The second kappa shape index (κ2) is 8.12. The van der Waals surface area contributed by atoms with E-state index in [9.17, 15) is 19.7 Å². The monoisotopic (exact) mass is 476 g/mol. The lowest BCUT2D eigenvalue weighted by atomic mass is 9.85. The van der Waals surface area contributed by atoms with Crippen molar-refractivity contribution in [2.75, 3.05) is 4.90 Å². The van der Waals surface area contributed by atoms with E-state index < -0.39 is 16.8 Å². The van der Waals surface area contributed by atoms with Gasteiger partial charge < -0.3 is 0 Å². The summed E-state index contributed by atoms with van der Waals surface area (Å²) in [6.45, 7) is 4.10. The average Bonchev–Trinajstić information content (AvgIpc) is 3.50. The predicted octanol–water partition coefficient (Wildman–Crippen LogP) is 5.64. The molecule has 2 fully saturated rings. The molecule has 6 heteroatoms. The molecule has 3 aromatic rings. The van der Waals surface area contributed by atoms with Crippen LogP contribution in [0.15, 0.2) is 90.5 Å². The molecule has 3 aliphatic rings. The van der Waals surface area contributed by atoms with E-state index in [0.717, 1.165) is 38.3 Å². The molecule has 0 unspecified atom stereocenters. The van der Waals surface area contributed by atoms with E-state index in [-0.39, 0.29) is 35.0 Å². The van der Waals surface area contributed by atoms with E-state index in [1.54, 1.807) is 6.07 Å². The Hall–Kier alpha value is -4.32. The molecule has 2 bridgehead atoms. The molecule has 1 saturated carbocycles. The SMILES string of the molecule is Cc1ccc(C(=C2[C@H]3C=C[C@H]2[C@H]2C(=O)N(c4cccc([N+](=O)[O-])c4)C(=O)[C@@H]23)c2ccc(C)cc2)cc1. The zero-order chi connectivity index (χ0) is 25.1. The van der Waals surface area contributed by atoms with E-state index in [4.69, 9.17) is 0 Å². The summed E-state index contributed by atoms with van der Waals surface area (Å²) in [5.41, 5.74) is 6.75. The quantitative estimate of drug-likeness (QED) is 0.211. The summed E-state index contributed by atoms with van der Waals surface area (Å²) in [6, 6.07) is 22.5. The number of rotatable bonds is 4. The Morgan fingerprint density at radius 1 is 0.778 bits per heavy atom. The molecule has 6 nitrogen and oxygen atoms in total. The largest absolute Gasteiger partial charge is 0.274 e. The van der Waals surface area contributed by atoms with Crippen molar-refractivity contribution in [1.82, 2.24) is 0 Å². The number of nitro benzene ring substituents is 1. The highest BCUT2D eigenvalue weighted by Crippen LogP contribution is 2.59. The molecule has 2 aliphatic carbocycles. The van der Waals surface area contributed by atoms with E-state index in [2.05, 4.69) is 60.7 Å². The number of imide groups is 1. The number of benzene rings is 3. The standard InChI is InChI=1S/C30H24N2O4/c1-17-6-10-19(11-7-17)25(20-12-8-18(2)9-13-20)26-23-14-15-24(26)28-27(23)29(33)31(30(28)34)21-4-3-5-22(16-21)32(35)36/h3-16,23-24,27-28H,1-2H3/t23-,24-,27-,28-/m1/s1. The lowest BCUT2D eigenvalue weighted by molar-refractivity contribution is -0.384. The van der Waals surface area contributed by atoms with Crippen molar-refractivity contribution in [3.05, 3.63) is 123 Å². The van der Waals surface area contributed by atoms with Gasteiger partial charge in [-0.1, -0.05) is 77.9 Å². The van der Waals surface area contributed by atoms with E-state index in [1.807, 2.05) is 13.8 Å². The second-order valence-corrected chi connectivity index (χ2v) is 9.84. The molecule has 36 heavy (non-hydrogen) atoms. The molecule has 0 spiro atoms. The number of anilines is 1. The van der Waals surface area contributed by atoms with Crippen LogP contribution in [0.3, 0.4) is 0 Å². The fraction of sp³-hybridized carbons (Fsp3) is 0.200. The number of fused-ring (bicyclic) bond motifs is 5. The van der Waals surface area contributed by atoms with Gasteiger partial charge in [0.05, 0.1) is 22.4 Å². The topological polar surface area (TPSA) is 80.5 Å². The van der Waals surface area contributed by atoms with Crippen molar-refractivity contribution < 1.29 is 14.5 Å². The molecule has 178 valence electrons. The first-order chi connectivity index (χ1) is 17.3. The van der Waals surface area contributed by atoms with Crippen molar-refractivity contribution >= 4 is 28.8 Å². The van der Waals surface area contributed by atoms with Gasteiger partial charge in [-0.3, -0.25) is 19.7 Å². The normalized spacial score (nSPS) is 23.9. The lowest BCUT2D eigenvalue weighted by Crippen LogP contribution is -2.33. The minimum absolute atomic E-state index is 0.145. The van der Waals surface area contributed by atoms with Crippen LogP contribution < -0.4 is 4.90 Å². The fourth-order valence-corrected chi connectivity index (χ4v) is 6.04. The van der Waals surface area contributed by atoms with Crippen molar-refractivity contribution in [2.24, 2.45) is 23.7 Å². The zero-order valence-corrected chi connectivity index (χ0v) is 19.9. The van der Waals surface area contributed by atoms with E-state index >= 15 is 0 Å². The number of carbonyl (C=O) groups is 2. The Morgan fingerprint density at radius 2 is 1.28 bits per heavy atom. The first kappa shape index (κ1) is 22.2. The first-order valence-electron chi connectivity index (χ1n) is 12.0. The Labute approximate surface area is 208 Å². The molecule has 1 heterocycles. The molecule has 6 rings (SSSR count). The number of non-ortho nitro benzene ring substituents is 1. The minimum Gasteiger partial charge on any atom is -0.274 e. The zero-order valence-electron chi connectivity index (χ0n) is 19.9. The summed E-state index contributed by atoms with van der Waals surface area (Å²) >= 11 is 0. The van der Waals surface area contributed by atoms with E-state index in [1.165, 1.54) is 18.2 Å². The van der Waals surface area contributed by atoms with Crippen LogP contribution in [-0.4, -0.2) is 16.7 Å². The Bertz CT molecular complexity index is 1400. The van der Waals surface area contributed by atoms with Crippen molar-refractivity contribution in [3.8, 4) is 0 Å². The summed E-state index contributed by atoms with van der Waals surface area (Å²) in [4.78, 5) is 39.3. The maximum Gasteiger partial charge on any atom is 0.271 e. The number of aryl methyl sites for hydroxylation is 2. The Kier molecular flexibility index (Phi) is 5.00. The molecular formula is C30H24N2O4. The molecule has 0 N–H and O–H groups in total. The summed E-state index contributed by atoms with van der Waals surface area (Å²) < 4.78 is 0. The second-order valence-electron chi connectivity index (χ2n) is 9.84. The molecular weight excluding hydrogens is 452 g/mol. The summed E-state index contributed by atoms with van der Waals surface area (Å²) in [5, 5.41) is 11.3. The summed E-state index contributed by atoms with van der Waals surface area (Å²) in [5.74, 6) is -1.98. The lowest BCUT2D eigenvalue weighted by Gasteiger charge is -2.21. The Morgan fingerprint density at radius 3 is 1.75 bits per heavy atom. The number of hydrogen-bond donors (Lipinski definition) is 0. The molecule has 4 atom stereocenters. The molecule has 0 radical (unpaired) electrons. The fourth-order valence-electron chi connectivity index (χ4n) is 6.04. The van der Waals surface area contributed by atoms with Gasteiger partial charge in [0.25, 0.3) is 5.69 Å². The van der Waals surface area contributed by atoms with Gasteiger partial charge in [-0.15, -0.1) is 0 Å². The summed E-state index contributed by atoms with van der Waals surface area (Å²) in [6.07, 6.45) is 4.12. The van der Waals surface area contributed by atoms with Crippen molar-refractivity contribution in [2.45, 2.75) is 13.8 Å². The van der Waals surface area contributed by atoms with Crippen LogP contribution in [-0.2, 0) is 9.59 Å². The molecule has 1 saturated heterocycles. The molecule has 3 aromatic carbocycles. The van der Waals surface area contributed by atoms with Gasteiger partial charge in [0.1, 0.15) is 0 Å². The number of allylic oxidation sites excluding steroid dienone is 3. The third-order valence-electron chi connectivity index (χ3n) is 7.68. The van der Waals surface area contributed by atoms with Crippen LogP contribution in [0.1, 0.15) is 22.3 Å². The maximum atomic E-state index is 13.7. The number of carbonyl (C=O) groups excluding carboxylic acids is 2. The number of nitrogens with zero attached hydrogens (tertiary/aromatic N) is 2. The Balaban J connectivity index is 1.47. The molecule has 2 amide bonds. The minimum atomic E-state index is -0.517. The molecule has 1 aliphatic heterocycles. The smallest absolute Gasteiger partial charge is 0.271 e. The maximum absolute atomic E-state index is 13.7. The van der Waals surface area contributed by atoms with Crippen LogP contribution in [0.5, 0.6) is 0 Å². The third kappa shape index (κ3) is 3.25.